The van der Waals surface area contributed by atoms with Gasteiger partial charge >= 0.3 is 0 Å². The average Bonchev–Trinajstić information content (AvgIpc) is 2.67. The minimum Gasteiger partial charge on any atom is -0.495 e. The smallest absolute Gasteiger partial charge is 0.166 e. The predicted molar refractivity (Wildman–Crippen MR) is 74.9 cm³/mol. The number of aromatic nitrogens is 1. The number of hydrogen-bond donors (Lipinski definition) is 1. The summed E-state index contributed by atoms with van der Waals surface area (Å²) in [6.07, 6.45) is 0. The van der Waals surface area contributed by atoms with Crippen molar-refractivity contribution in [2.75, 3.05) is 7.11 Å². The molecule has 1 aromatic heterocycles. The number of ether oxygens (including phenoxy) is 1. The lowest BCUT2D eigenvalue weighted by molar-refractivity contribution is 0.420. The van der Waals surface area contributed by atoms with Crippen LogP contribution in [0.2, 0.25) is 0 Å². The molecule has 0 aliphatic heterocycles. The monoisotopic (exact) mass is 268 g/mol. The second-order valence-electron chi connectivity index (χ2n) is 4.74. The van der Waals surface area contributed by atoms with Gasteiger partial charge in [0.15, 0.2) is 4.34 Å². The number of benzene rings is 1. The van der Waals surface area contributed by atoms with Crippen LogP contribution in [0, 0.1) is 0 Å². The highest BCUT2D eigenvalue weighted by atomic mass is 32.2. The van der Waals surface area contributed by atoms with Gasteiger partial charge in [-0.05, 0) is 44.9 Å². The summed E-state index contributed by atoms with van der Waals surface area (Å²) < 4.78 is 10.8. The van der Waals surface area contributed by atoms with Crippen molar-refractivity contribution in [1.82, 2.24) is 9.71 Å². The number of nitrogens with one attached hydrogen (secondary N) is 1. The minimum atomic E-state index is 0.0760. The van der Waals surface area contributed by atoms with Crippen LogP contribution >= 0.6 is 23.3 Å². The van der Waals surface area contributed by atoms with E-state index in [1.54, 1.807) is 30.4 Å². The summed E-state index contributed by atoms with van der Waals surface area (Å²) in [7, 11) is 1.69. The quantitative estimate of drug-likeness (QED) is 0.861. The summed E-state index contributed by atoms with van der Waals surface area (Å²) in [4.78, 5) is 4.56. The summed E-state index contributed by atoms with van der Waals surface area (Å²) in [6.45, 7) is 6.40. The highest BCUT2D eigenvalue weighted by Crippen LogP contribution is 2.34. The van der Waals surface area contributed by atoms with Crippen molar-refractivity contribution in [2.45, 2.75) is 30.6 Å². The molecule has 0 spiro atoms. The fourth-order valence-corrected chi connectivity index (χ4v) is 3.17. The Kier molecular flexibility index (Phi) is 3.61. The Labute approximate surface area is 110 Å². The van der Waals surface area contributed by atoms with Crippen LogP contribution < -0.4 is 9.46 Å². The lowest BCUT2D eigenvalue weighted by Crippen LogP contribution is -2.29. The van der Waals surface area contributed by atoms with Gasteiger partial charge < -0.3 is 4.74 Å². The summed E-state index contributed by atoms with van der Waals surface area (Å²) in [5.41, 5.74) is 1.07. The molecule has 2 aromatic rings. The molecule has 0 radical (unpaired) electrons. The molecule has 5 heteroatoms. The van der Waals surface area contributed by atoms with E-state index in [1.807, 2.05) is 18.2 Å². The second-order valence-corrected chi connectivity index (χ2v) is 6.79. The molecule has 0 fully saturated rings. The van der Waals surface area contributed by atoms with Gasteiger partial charge in [0.25, 0.3) is 0 Å². The van der Waals surface area contributed by atoms with Gasteiger partial charge in [-0.1, -0.05) is 6.07 Å². The van der Waals surface area contributed by atoms with Crippen LogP contribution in [0.25, 0.3) is 10.2 Å². The zero-order valence-corrected chi connectivity index (χ0v) is 12.0. The molecule has 92 valence electrons. The molecule has 1 N–H and O–H groups in total. The molecular weight excluding hydrogens is 252 g/mol. The SMILES string of the molecule is COc1cccc2nc(SNC(C)(C)C)sc12. The molecular formula is C12H16N2OS2. The molecule has 0 bridgehead atoms. The third kappa shape index (κ3) is 3.12. The van der Waals surface area contributed by atoms with E-state index in [1.165, 1.54) is 0 Å². The third-order valence-electron chi connectivity index (χ3n) is 2.02. The average molecular weight is 268 g/mol. The molecule has 0 amide bonds. The van der Waals surface area contributed by atoms with Crippen molar-refractivity contribution in [3.05, 3.63) is 18.2 Å². The molecule has 0 saturated heterocycles. The lowest BCUT2D eigenvalue weighted by Gasteiger charge is -2.17. The first-order valence-electron chi connectivity index (χ1n) is 5.37. The first kappa shape index (κ1) is 12.7. The largest absolute Gasteiger partial charge is 0.495 e. The van der Waals surface area contributed by atoms with E-state index >= 15 is 0 Å². The van der Waals surface area contributed by atoms with Crippen LogP contribution in [0.1, 0.15) is 20.8 Å². The fraction of sp³-hybridized carbons (Fsp3) is 0.417. The Morgan fingerprint density at radius 3 is 2.76 bits per heavy atom. The highest BCUT2D eigenvalue weighted by Gasteiger charge is 2.13. The van der Waals surface area contributed by atoms with Crippen LogP contribution in [0.4, 0.5) is 0 Å². The van der Waals surface area contributed by atoms with Crippen LogP contribution in [0.15, 0.2) is 22.5 Å². The highest BCUT2D eigenvalue weighted by molar-refractivity contribution is 7.99. The lowest BCUT2D eigenvalue weighted by atomic mass is 10.1. The van der Waals surface area contributed by atoms with Crippen LogP contribution in [-0.2, 0) is 0 Å². The van der Waals surface area contributed by atoms with E-state index in [4.69, 9.17) is 4.74 Å². The van der Waals surface area contributed by atoms with Crippen molar-refractivity contribution in [2.24, 2.45) is 0 Å². The zero-order valence-electron chi connectivity index (χ0n) is 10.4. The maximum absolute atomic E-state index is 5.33. The third-order valence-corrected chi connectivity index (χ3v) is 4.38. The second kappa shape index (κ2) is 4.84. The molecule has 1 aromatic carbocycles. The summed E-state index contributed by atoms with van der Waals surface area (Å²) in [5, 5.41) is 0. The predicted octanol–water partition coefficient (Wildman–Crippen LogP) is 3.70. The van der Waals surface area contributed by atoms with Crippen molar-refractivity contribution >= 4 is 33.5 Å². The molecule has 2 rings (SSSR count). The van der Waals surface area contributed by atoms with E-state index < -0.39 is 0 Å². The number of nitrogens with zero attached hydrogens (tertiary/aromatic N) is 1. The van der Waals surface area contributed by atoms with Crippen molar-refractivity contribution < 1.29 is 4.74 Å². The normalized spacial score (nSPS) is 12.0. The van der Waals surface area contributed by atoms with Gasteiger partial charge in [0.05, 0.1) is 17.3 Å². The Bertz CT molecular complexity index is 517. The molecule has 17 heavy (non-hydrogen) atoms. The van der Waals surface area contributed by atoms with Gasteiger partial charge in [-0.2, -0.15) is 0 Å². The molecule has 1 heterocycles. The number of methoxy groups -OCH3 is 1. The van der Waals surface area contributed by atoms with Crippen LogP contribution in [0.3, 0.4) is 0 Å². The first-order valence-corrected chi connectivity index (χ1v) is 7.00. The van der Waals surface area contributed by atoms with Gasteiger partial charge in [0, 0.05) is 5.54 Å². The van der Waals surface area contributed by atoms with Crippen molar-refractivity contribution in [1.29, 1.82) is 0 Å². The van der Waals surface area contributed by atoms with E-state index in [-0.39, 0.29) is 5.54 Å². The Balaban J connectivity index is 2.26. The van der Waals surface area contributed by atoms with Crippen LogP contribution in [0.5, 0.6) is 5.75 Å². The maximum Gasteiger partial charge on any atom is 0.166 e. The number of thiazole rings is 1. The number of rotatable bonds is 3. The standard InChI is InChI=1S/C12H16N2OS2/c1-12(2,3)14-17-11-13-8-6-5-7-9(15-4)10(8)16-11/h5-7,14H,1-4H3. The van der Waals surface area contributed by atoms with E-state index in [9.17, 15) is 0 Å². The molecule has 0 saturated carbocycles. The van der Waals surface area contributed by atoms with Gasteiger partial charge in [-0.3, -0.25) is 4.72 Å². The van der Waals surface area contributed by atoms with Gasteiger partial charge in [0.2, 0.25) is 0 Å². The minimum absolute atomic E-state index is 0.0760. The molecule has 0 aliphatic carbocycles. The van der Waals surface area contributed by atoms with Gasteiger partial charge in [0.1, 0.15) is 5.75 Å². The summed E-state index contributed by atoms with van der Waals surface area (Å²) >= 11 is 3.23. The fourth-order valence-electron chi connectivity index (χ4n) is 1.30. The van der Waals surface area contributed by atoms with Crippen LogP contribution in [-0.4, -0.2) is 17.6 Å². The van der Waals surface area contributed by atoms with Crippen molar-refractivity contribution in [3.63, 3.8) is 0 Å². The summed E-state index contributed by atoms with van der Waals surface area (Å²) in [6, 6.07) is 5.94. The maximum atomic E-state index is 5.33. The molecule has 0 atom stereocenters. The molecule has 0 aliphatic rings. The number of hydrogen-bond acceptors (Lipinski definition) is 5. The Morgan fingerprint density at radius 2 is 2.12 bits per heavy atom. The first-order chi connectivity index (χ1) is 7.99. The molecule has 3 nitrogen and oxygen atoms in total. The summed E-state index contributed by atoms with van der Waals surface area (Å²) in [5.74, 6) is 0.891. The van der Waals surface area contributed by atoms with Crippen molar-refractivity contribution in [3.8, 4) is 5.75 Å². The van der Waals surface area contributed by atoms with Gasteiger partial charge in [-0.25, -0.2) is 4.98 Å². The molecule has 0 unspecified atom stereocenters. The number of fused-ring (bicyclic) bond motifs is 1. The van der Waals surface area contributed by atoms with E-state index in [0.717, 1.165) is 20.3 Å². The Hall–Kier alpha value is -0.780. The zero-order chi connectivity index (χ0) is 12.5. The van der Waals surface area contributed by atoms with E-state index in [2.05, 4.69) is 30.5 Å². The Morgan fingerprint density at radius 1 is 1.35 bits per heavy atom. The van der Waals surface area contributed by atoms with E-state index in [0.29, 0.717) is 0 Å². The van der Waals surface area contributed by atoms with Gasteiger partial charge in [-0.15, -0.1) is 11.3 Å². The topological polar surface area (TPSA) is 34.1 Å².